The summed E-state index contributed by atoms with van der Waals surface area (Å²) >= 11 is 1.77. The monoisotopic (exact) mass is 234 g/mol. The molecule has 14 heavy (non-hydrogen) atoms. The first kappa shape index (κ1) is 12.0. The number of amidine groups is 1. The molecule has 0 amide bonds. The van der Waals surface area contributed by atoms with Crippen LogP contribution in [0, 0.1) is 5.92 Å². The van der Waals surface area contributed by atoms with Gasteiger partial charge in [-0.05, 0) is 5.92 Å². The lowest BCUT2D eigenvalue weighted by atomic mass is 10.1. The van der Waals surface area contributed by atoms with E-state index >= 15 is 0 Å². The van der Waals surface area contributed by atoms with E-state index in [4.69, 9.17) is 0 Å². The molecule has 1 saturated heterocycles. The zero-order valence-electron chi connectivity index (χ0n) is 8.95. The average molecular weight is 234 g/mol. The molecule has 0 aromatic heterocycles. The van der Waals surface area contributed by atoms with Crippen molar-refractivity contribution in [2.24, 2.45) is 10.9 Å². The molecular weight excluding hydrogens is 216 g/mol. The first-order valence-corrected chi connectivity index (χ1v) is 7.54. The van der Waals surface area contributed by atoms with E-state index in [-0.39, 0.29) is 0 Å². The third-order valence-corrected chi connectivity index (χ3v) is 3.95. The van der Waals surface area contributed by atoms with E-state index in [1.165, 1.54) is 0 Å². The van der Waals surface area contributed by atoms with Crippen LogP contribution in [-0.2, 0) is 10.8 Å². The van der Waals surface area contributed by atoms with Gasteiger partial charge in [-0.2, -0.15) is 0 Å². The molecule has 1 fully saturated rings. The first-order valence-electron chi connectivity index (χ1n) is 4.83. The number of nitrogens with one attached hydrogen (secondary N) is 1. The Morgan fingerprint density at radius 1 is 1.71 bits per heavy atom. The van der Waals surface area contributed by atoms with Crippen molar-refractivity contribution in [2.75, 3.05) is 24.3 Å². The largest absolute Gasteiger partial charge is 0.361 e. The van der Waals surface area contributed by atoms with Gasteiger partial charge < -0.3 is 5.32 Å². The van der Waals surface area contributed by atoms with E-state index < -0.39 is 10.8 Å². The Morgan fingerprint density at radius 3 is 2.93 bits per heavy atom. The van der Waals surface area contributed by atoms with Gasteiger partial charge in [0.2, 0.25) is 0 Å². The second-order valence-electron chi connectivity index (χ2n) is 3.77. The Balaban J connectivity index is 2.30. The molecule has 1 aliphatic rings. The molecule has 1 rings (SSSR count). The molecule has 0 saturated carbocycles. The van der Waals surface area contributed by atoms with Crippen molar-refractivity contribution in [3.8, 4) is 0 Å². The minimum atomic E-state index is -0.727. The maximum Gasteiger partial charge on any atom is 0.156 e. The standard InChI is InChI=1S/C9H18N2OS2/c1-7(2)8-6-13-9(11-8)10-4-5-14(3)12/h7-8H,4-6H2,1-3H3,(H,10,11)/t8-,14?/m1/s1. The van der Waals surface area contributed by atoms with Gasteiger partial charge in [-0.1, -0.05) is 25.6 Å². The third kappa shape index (κ3) is 4.00. The first-order chi connectivity index (χ1) is 6.59. The minimum Gasteiger partial charge on any atom is -0.361 e. The maximum absolute atomic E-state index is 10.8. The highest BCUT2D eigenvalue weighted by molar-refractivity contribution is 8.14. The fraction of sp³-hybridized carbons (Fsp3) is 0.889. The summed E-state index contributed by atoms with van der Waals surface area (Å²) in [5.74, 6) is 2.42. The summed E-state index contributed by atoms with van der Waals surface area (Å²) in [5, 5.41) is 4.40. The normalized spacial score (nSPS) is 26.9. The molecule has 0 spiro atoms. The van der Waals surface area contributed by atoms with E-state index in [0.717, 1.165) is 10.9 Å². The van der Waals surface area contributed by atoms with Gasteiger partial charge in [-0.3, -0.25) is 9.20 Å². The summed E-state index contributed by atoms with van der Waals surface area (Å²) in [6.45, 7) is 5.09. The molecule has 1 unspecified atom stereocenters. The third-order valence-electron chi connectivity index (χ3n) is 2.15. The Kier molecular flexibility index (Phi) is 4.95. The summed E-state index contributed by atoms with van der Waals surface area (Å²) in [7, 11) is -0.727. The van der Waals surface area contributed by atoms with Gasteiger partial charge in [-0.15, -0.1) is 0 Å². The Labute approximate surface area is 92.6 Å². The number of aliphatic imine (C=N–C) groups is 1. The van der Waals surface area contributed by atoms with Crippen LogP contribution in [0.4, 0.5) is 0 Å². The molecule has 3 nitrogen and oxygen atoms in total. The average Bonchev–Trinajstić information content (AvgIpc) is 2.52. The van der Waals surface area contributed by atoms with Gasteiger partial charge in [0.05, 0.1) is 6.54 Å². The Hall–Kier alpha value is -0.0300. The van der Waals surface area contributed by atoms with Crippen LogP contribution in [0.3, 0.4) is 0 Å². The summed E-state index contributed by atoms with van der Waals surface area (Å²) in [4.78, 5) is 4.37. The molecule has 0 radical (unpaired) electrons. The summed E-state index contributed by atoms with van der Waals surface area (Å²) < 4.78 is 10.8. The van der Waals surface area contributed by atoms with Crippen molar-refractivity contribution in [1.29, 1.82) is 0 Å². The van der Waals surface area contributed by atoms with E-state index in [0.29, 0.717) is 24.3 Å². The van der Waals surface area contributed by atoms with Crippen LogP contribution in [0.5, 0.6) is 0 Å². The summed E-state index contributed by atoms with van der Waals surface area (Å²) in [5.41, 5.74) is 0. The molecular formula is C9H18N2OS2. The molecule has 2 atom stereocenters. The van der Waals surface area contributed by atoms with Crippen molar-refractivity contribution in [3.63, 3.8) is 0 Å². The Morgan fingerprint density at radius 2 is 2.43 bits per heavy atom. The van der Waals surface area contributed by atoms with Gasteiger partial charge in [0.15, 0.2) is 5.17 Å². The molecule has 0 aromatic carbocycles. The second-order valence-corrected chi connectivity index (χ2v) is 6.33. The maximum atomic E-state index is 10.8. The van der Waals surface area contributed by atoms with Gasteiger partial charge >= 0.3 is 0 Å². The minimum absolute atomic E-state index is 0.547. The van der Waals surface area contributed by atoms with Crippen LogP contribution in [0.25, 0.3) is 0 Å². The molecule has 1 aliphatic heterocycles. The highest BCUT2D eigenvalue weighted by atomic mass is 32.2. The van der Waals surface area contributed by atoms with Crippen LogP contribution >= 0.6 is 11.8 Å². The number of nitrogens with zero attached hydrogens (tertiary/aromatic N) is 1. The lowest BCUT2D eigenvalue weighted by Gasteiger charge is -2.12. The number of rotatable bonds is 4. The molecule has 1 N–H and O–H groups in total. The molecule has 1 heterocycles. The van der Waals surface area contributed by atoms with Crippen LogP contribution in [0.2, 0.25) is 0 Å². The highest BCUT2D eigenvalue weighted by Crippen LogP contribution is 2.18. The highest BCUT2D eigenvalue weighted by Gasteiger charge is 2.22. The zero-order valence-corrected chi connectivity index (χ0v) is 10.6. The van der Waals surface area contributed by atoms with E-state index in [1.54, 1.807) is 18.0 Å². The topological polar surface area (TPSA) is 41.5 Å². The van der Waals surface area contributed by atoms with E-state index in [1.807, 2.05) is 0 Å². The van der Waals surface area contributed by atoms with Crippen molar-refractivity contribution in [3.05, 3.63) is 0 Å². The number of hydrogen-bond acceptors (Lipinski definition) is 3. The lowest BCUT2D eigenvalue weighted by Crippen LogP contribution is -2.31. The van der Waals surface area contributed by atoms with Gasteiger partial charge in [0.1, 0.15) is 0 Å². The van der Waals surface area contributed by atoms with E-state index in [9.17, 15) is 4.21 Å². The summed E-state index contributed by atoms with van der Waals surface area (Å²) in [6, 6.07) is 0.547. The van der Waals surface area contributed by atoms with E-state index in [2.05, 4.69) is 24.2 Å². The second kappa shape index (κ2) is 5.75. The molecule has 0 aliphatic carbocycles. The molecule has 5 heteroatoms. The molecule has 82 valence electrons. The fourth-order valence-electron chi connectivity index (χ4n) is 1.14. The molecule has 0 bridgehead atoms. The smallest absolute Gasteiger partial charge is 0.156 e. The van der Waals surface area contributed by atoms with Gasteiger partial charge in [0, 0.05) is 34.6 Å². The van der Waals surface area contributed by atoms with Crippen molar-refractivity contribution in [2.45, 2.75) is 19.9 Å². The van der Waals surface area contributed by atoms with Crippen LogP contribution in [0.15, 0.2) is 4.99 Å². The van der Waals surface area contributed by atoms with Crippen LogP contribution in [-0.4, -0.2) is 39.7 Å². The fourth-order valence-corrected chi connectivity index (χ4v) is 2.71. The predicted molar refractivity (Wildman–Crippen MR) is 65.5 cm³/mol. The van der Waals surface area contributed by atoms with Crippen LogP contribution < -0.4 is 5.32 Å². The SMILES string of the molecule is CC(C)[C@H]1CSC(=NCCS(C)=O)N1. The summed E-state index contributed by atoms with van der Waals surface area (Å²) in [6.07, 6.45) is 1.71. The quantitative estimate of drug-likeness (QED) is 0.791. The zero-order chi connectivity index (χ0) is 10.6. The predicted octanol–water partition coefficient (Wildman–Crippen LogP) is 1.08. The lowest BCUT2D eigenvalue weighted by molar-refractivity contribution is 0.503. The van der Waals surface area contributed by atoms with Crippen LogP contribution in [0.1, 0.15) is 13.8 Å². The van der Waals surface area contributed by atoms with Crippen molar-refractivity contribution >= 4 is 27.7 Å². The number of hydrogen-bond donors (Lipinski definition) is 1. The van der Waals surface area contributed by atoms with Gasteiger partial charge in [-0.25, -0.2) is 0 Å². The Bertz CT molecular complexity index is 241. The number of thioether (sulfide) groups is 1. The van der Waals surface area contributed by atoms with Crippen molar-refractivity contribution in [1.82, 2.24) is 5.32 Å². The van der Waals surface area contributed by atoms with Crippen molar-refractivity contribution < 1.29 is 4.21 Å². The molecule has 0 aromatic rings. The van der Waals surface area contributed by atoms with Gasteiger partial charge in [0.25, 0.3) is 0 Å².